The van der Waals surface area contributed by atoms with Gasteiger partial charge in [0.1, 0.15) is 5.82 Å². The van der Waals surface area contributed by atoms with Crippen molar-refractivity contribution in [2.75, 3.05) is 18.4 Å². The lowest BCUT2D eigenvalue weighted by molar-refractivity contribution is -0.121. The van der Waals surface area contributed by atoms with Crippen molar-refractivity contribution in [1.82, 2.24) is 15.1 Å². The summed E-state index contributed by atoms with van der Waals surface area (Å²) in [5.74, 6) is -0.437. The number of anilines is 1. The summed E-state index contributed by atoms with van der Waals surface area (Å²) in [6.07, 6.45) is 1.45. The lowest BCUT2D eigenvalue weighted by Crippen LogP contribution is -2.43. The van der Waals surface area contributed by atoms with Gasteiger partial charge in [-0.2, -0.15) is 0 Å². The maximum absolute atomic E-state index is 13.8. The van der Waals surface area contributed by atoms with Gasteiger partial charge in [-0.05, 0) is 48.7 Å². The Morgan fingerprint density at radius 1 is 1.19 bits per heavy atom. The van der Waals surface area contributed by atoms with E-state index in [1.165, 1.54) is 29.2 Å². The van der Waals surface area contributed by atoms with Crippen molar-refractivity contribution in [2.45, 2.75) is 22.9 Å². The van der Waals surface area contributed by atoms with Crippen molar-refractivity contribution in [3.63, 3.8) is 0 Å². The Kier molecular flexibility index (Phi) is 7.39. The molecule has 1 aliphatic heterocycles. The van der Waals surface area contributed by atoms with Crippen LogP contribution in [-0.2, 0) is 10.5 Å². The summed E-state index contributed by atoms with van der Waals surface area (Å²) in [7, 11) is 0. The number of likely N-dealkylation sites (tertiary alicyclic amines) is 1. The minimum atomic E-state index is -0.321. The first-order chi connectivity index (χ1) is 15.5. The third-order valence-corrected chi connectivity index (χ3v) is 7.39. The van der Waals surface area contributed by atoms with Gasteiger partial charge in [-0.3, -0.25) is 9.59 Å². The Hall–Kier alpha value is -2.49. The average molecular weight is 491 g/mol. The number of carbonyl (C=O) groups is 2. The van der Waals surface area contributed by atoms with Crippen molar-refractivity contribution < 1.29 is 14.0 Å². The van der Waals surface area contributed by atoms with E-state index >= 15 is 0 Å². The minimum Gasteiger partial charge on any atom is -0.338 e. The van der Waals surface area contributed by atoms with Gasteiger partial charge in [0.15, 0.2) is 4.34 Å². The van der Waals surface area contributed by atoms with E-state index in [-0.39, 0.29) is 23.5 Å². The summed E-state index contributed by atoms with van der Waals surface area (Å²) in [6, 6.07) is 13.3. The molecule has 1 saturated heterocycles. The Morgan fingerprint density at radius 2 is 1.97 bits per heavy atom. The first kappa shape index (κ1) is 22.7. The van der Waals surface area contributed by atoms with Gasteiger partial charge in [0.25, 0.3) is 5.91 Å². The highest BCUT2D eigenvalue weighted by Crippen LogP contribution is 2.30. The molecule has 0 radical (unpaired) electrons. The number of benzene rings is 2. The van der Waals surface area contributed by atoms with Crippen LogP contribution in [0.4, 0.5) is 9.52 Å². The molecule has 166 valence electrons. The largest absolute Gasteiger partial charge is 0.338 e. The van der Waals surface area contributed by atoms with Gasteiger partial charge in [-0.25, -0.2) is 4.39 Å². The van der Waals surface area contributed by atoms with Crippen LogP contribution in [0.15, 0.2) is 52.9 Å². The molecule has 0 saturated carbocycles. The highest BCUT2D eigenvalue weighted by atomic mass is 35.5. The number of carbonyl (C=O) groups excluding carboxylic acids is 2. The van der Waals surface area contributed by atoms with Crippen LogP contribution in [0.1, 0.15) is 28.8 Å². The predicted molar refractivity (Wildman–Crippen MR) is 125 cm³/mol. The van der Waals surface area contributed by atoms with E-state index in [9.17, 15) is 14.0 Å². The second-order valence-corrected chi connectivity index (χ2v) is 9.98. The monoisotopic (exact) mass is 490 g/mol. The summed E-state index contributed by atoms with van der Waals surface area (Å²) in [6.45, 7) is 0.960. The van der Waals surface area contributed by atoms with E-state index in [1.807, 2.05) is 0 Å². The molecule has 2 amide bonds. The van der Waals surface area contributed by atoms with E-state index in [0.29, 0.717) is 50.9 Å². The van der Waals surface area contributed by atoms with Crippen LogP contribution in [0.5, 0.6) is 0 Å². The van der Waals surface area contributed by atoms with E-state index in [1.54, 1.807) is 47.4 Å². The zero-order valence-electron chi connectivity index (χ0n) is 17.0. The van der Waals surface area contributed by atoms with Gasteiger partial charge < -0.3 is 10.2 Å². The zero-order valence-corrected chi connectivity index (χ0v) is 19.4. The average Bonchev–Trinajstić information content (AvgIpc) is 3.26. The molecule has 2 aromatic carbocycles. The number of nitrogens with zero attached hydrogens (tertiary/aromatic N) is 3. The minimum absolute atomic E-state index is 0.109. The summed E-state index contributed by atoms with van der Waals surface area (Å²) in [5, 5.41) is 11.9. The molecule has 1 N–H and O–H groups in total. The van der Waals surface area contributed by atoms with Gasteiger partial charge in [-0.15, -0.1) is 10.2 Å². The first-order valence-corrected chi connectivity index (χ1v) is 12.2. The van der Waals surface area contributed by atoms with E-state index in [4.69, 9.17) is 11.6 Å². The molecule has 0 spiro atoms. The van der Waals surface area contributed by atoms with E-state index in [0.717, 1.165) is 6.42 Å². The van der Waals surface area contributed by atoms with Crippen LogP contribution >= 0.6 is 34.7 Å². The Balaban J connectivity index is 1.32. The summed E-state index contributed by atoms with van der Waals surface area (Å²) < 4.78 is 14.4. The van der Waals surface area contributed by atoms with Crippen LogP contribution < -0.4 is 5.32 Å². The van der Waals surface area contributed by atoms with E-state index in [2.05, 4.69) is 15.5 Å². The molecule has 0 aliphatic carbocycles. The zero-order chi connectivity index (χ0) is 22.5. The maximum atomic E-state index is 13.8. The fourth-order valence-corrected chi connectivity index (χ4v) is 5.30. The number of thioether (sulfide) groups is 1. The SMILES string of the molecule is O=C(Nc1nnc(SCc2ccccc2F)s1)C1CCCN(C(=O)c2ccc(Cl)cc2)C1. The molecule has 32 heavy (non-hydrogen) atoms. The fraction of sp³-hybridized carbons (Fsp3) is 0.273. The molecule has 1 aromatic heterocycles. The molecule has 10 heteroatoms. The standard InChI is InChI=1S/C22H20ClFN4O2S2/c23-17-9-7-14(8-10-17)20(30)28-11-3-5-15(12-28)19(29)25-21-26-27-22(32-21)31-13-16-4-1-2-6-18(16)24/h1-2,4,6-10,15H,3,5,11-13H2,(H,25,26,29). The molecule has 1 fully saturated rings. The topological polar surface area (TPSA) is 75.2 Å². The highest BCUT2D eigenvalue weighted by Gasteiger charge is 2.29. The number of piperidine rings is 1. The van der Waals surface area contributed by atoms with Crippen LogP contribution in [0, 0.1) is 11.7 Å². The number of halogens is 2. The molecule has 1 aliphatic rings. The fourth-order valence-electron chi connectivity index (χ4n) is 3.43. The van der Waals surface area contributed by atoms with Crippen molar-refractivity contribution in [3.8, 4) is 0 Å². The van der Waals surface area contributed by atoms with Crippen LogP contribution in [0.3, 0.4) is 0 Å². The Morgan fingerprint density at radius 3 is 2.75 bits per heavy atom. The van der Waals surface area contributed by atoms with Crippen molar-refractivity contribution in [3.05, 3.63) is 70.5 Å². The second kappa shape index (κ2) is 10.4. The second-order valence-electron chi connectivity index (χ2n) is 7.34. The first-order valence-electron chi connectivity index (χ1n) is 10.0. The number of amides is 2. The normalized spacial score (nSPS) is 16.1. The Bertz CT molecular complexity index is 1110. The van der Waals surface area contributed by atoms with Crippen molar-refractivity contribution in [1.29, 1.82) is 0 Å². The van der Waals surface area contributed by atoms with Crippen molar-refractivity contribution in [2.24, 2.45) is 5.92 Å². The lowest BCUT2D eigenvalue weighted by atomic mass is 9.96. The third kappa shape index (κ3) is 5.65. The molecular weight excluding hydrogens is 471 g/mol. The highest BCUT2D eigenvalue weighted by molar-refractivity contribution is 8.00. The summed E-state index contributed by atoms with van der Waals surface area (Å²) in [4.78, 5) is 27.2. The number of hydrogen-bond acceptors (Lipinski definition) is 6. The van der Waals surface area contributed by atoms with E-state index < -0.39 is 0 Å². The van der Waals surface area contributed by atoms with Gasteiger partial charge >= 0.3 is 0 Å². The van der Waals surface area contributed by atoms with Crippen LogP contribution in [0.25, 0.3) is 0 Å². The molecular formula is C22H20ClFN4O2S2. The van der Waals surface area contributed by atoms with Gasteiger partial charge in [0, 0.05) is 29.4 Å². The number of rotatable bonds is 6. The van der Waals surface area contributed by atoms with Gasteiger partial charge in [0.05, 0.1) is 5.92 Å². The molecule has 0 bridgehead atoms. The van der Waals surface area contributed by atoms with Crippen LogP contribution in [0.2, 0.25) is 5.02 Å². The molecule has 2 heterocycles. The quantitative estimate of drug-likeness (QED) is 0.383. The third-order valence-electron chi connectivity index (χ3n) is 5.12. The number of nitrogens with one attached hydrogen (secondary N) is 1. The smallest absolute Gasteiger partial charge is 0.253 e. The molecule has 1 unspecified atom stereocenters. The summed E-state index contributed by atoms with van der Waals surface area (Å²) in [5.41, 5.74) is 1.14. The van der Waals surface area contributed by atoms with Gasteiger partial charge in [-0.1, -0.05) is 52.9 Å². The van der Waals surface area contributed by atoms with Gasteiger partial charge in [0.2, 0.25) is 11.0 Å². The molecule has 4 rings (SSSR count). The number of hydrogen-bond donors (Lipinski definition) is 1. The summed E-state index contributed by atoms with van der Waals surface area (Å²) >= 11 is 8.51. The lowest BCUT2D eigenvalue weighted by Gasteiger charge is -2.32. The molecule has 6 nitrogen and oxygen atoms in total. The van der Waals surface area contributed by atoms with Crippen molar-refractivity contribution >= 4 is 51.6 Å². The molecule has 1 atom stereocenters. The van der Waals surface area contributed by atoms with Crippen LogP contribution in [-0.4, -0.2) is 40.0 Å². The molecule has 3 aromatic rings. The predicted octanol–water partition coefficient (Wildman–Crippen LogP) is 5.11. The maximum Gasteiger partial charge on any atom is 0.253 e. The number of aromatic nitrogens is 2. The Labute approximate surface area is 198 Å².